The van der Waals surface area contributed by atoms with Gasteiger partial charge in [-0.1, -0.05) is 6.07 Å². The van der Waals surface area contributed by atoms with E-state index in [0.717, 1.165) is 0 Å². The van der Waals surface area contributed by atoms with Gasteiger partial charge in [-0.25, -0.2) is 0 Å². The lowest BCUT2D eigenvalue weighted by Gasteiger charge is -2.23. The molecule has 0 saturated carbocycles. The molecule has 0 aromatic heterocycles. The molecular weight excluding hydrogens is 232 g/mol. The van der Waals surface area contributed by atoms with E-state index < -0.39 is 5.97 Å². The zero-order chi connectivity index (χ0) is 13.8. The molecule has 0 radical (unpaired) electrons. The minimum Gasteiger partial charge on any atom is -0.490 e. The van der Waals surface area contributed by atoms with Crippen LogP contribution in [0.15, 0.2) is 18.2 Å². The smallest absolute Gasteiger partial charge is 0.307 e. The van der Waals surface area contributed by atoms with E-state index in [1.54, 1.807) is 18.2 Å². The van der Waals surface area contributed by atoms with Crippen molar-refractivity contribution in [2.24, 2.45) is 0 Å². The number of carbonyl (C=O) groups is 1. The molecule has 0 atom stereocenters. The van der Waals surface area contributed by atoms with Crippen molar-refractivity contribution in [1.82, 2.24) is 0 Å². The molecule has 0 saturated heterocycles. The van der Waals surface area contributed by atoms with Crippen LogP contribution in [-0.4, -0.2) is 23.3 Å². The Hall–Kier alpha value is -1.71. The van der Waals surface area contributed by atoms with E-state index in [1.807, 2.05) is 27.7 Å². The van der Waals surface area contributed by atoms with Gasteiger partial charge in [0.05, 0.1) is 13.0 Å². The molecule has 0 aliphatic carbocycles. The molecule has 100 valence electrons. The molecule has 0 aliphatic heterocycles. The van der Waals surface area contributed by atoms with Crippen molar-refractivity contribution < 1.29 is 19.4 Å². The van der Waals surface area contributed by atoms with Gasteiger partial charge in [0.1, 0.15) is 5.60 Å². The highest BCUT2D eigenvalue weighted by Gasteiger charge is 2.16. The molecule has 4 heteroatoms. The maximum atomic E-state index is 10.7. The van der Waals surface area contributed by atoms with Crippen LogP contribution in [0, 0.1) is 0 Å². The van der Waals surface area contributed by atoms with Crippen LogP contribution in [0.5, 0.6) is 11.5 Å². The van der Waals surface area contributed by atoms with Crippen LogP contribution in [0.1, 0.15) is 33.3 Å². The van der Waals surface area contributed by atoms with Crippen molar-refractivity contribution in [3.8, 4) is 11.5 Å². The summed E-state index contributed by atoms with van der Waals surface area (Å²) < 4.78 is 11.3. The zero-order valence-electron chi connectivity index (χ0n) is 11.3. The van der Waals surface area contributed by atoms with Gasteiger partial charge in [0.15, 0.2) is 11.5 Å². The van der Waals surface area contributed by atoms with Crippen molar-refractivity contribution in [2.45, 2.75) is 39.7 Å². The average molecular weight is 252 g/mol. The minimum atomic E-state index is -0.860. The Kier molecular flexibility index (Phi) is 4.59. The second-order valence-corrected chi connectivity index (χ2v) is 5.00. The summed E-state index contributed by atoms with van der Waals surface area (Å²) in [5.74, 6) is 0.366. The second kappa shape index (κ2) is 5.76. The first-order valence-electron chi connectivity index (χ1n) is 5.98. The number of rotatable bonds is 5. The maximum Gasteiger partial charge on any atom is 0.307 e. The predicted molar refractivity (Wildman–Crippen MR) is 69.3 cm³/mol. The van der Waals surface area contributed by atoms with E-state index in [9.17, 15) is 4.79 Å². The normalized spacial score (nSPS) is 11.1. The molecule has 4 nitrogen and oxygen atoms in total. The molecule has 1 N–H and O–H groups in total. The molecule has 1 rings (SSSR count). The fourth-order valence-corrected chi connectivity index (χ4v) is 1.52. The Bertz CT molecular complexity index is 418. The van der Waals surface area contributed by atoms with Crippen molar-refractivity contribution in [3.05, 3.63) is 23.8 Å². The molecule has 1 aromatic carbocycles. The molecule has 1 aromatic rings. The molecule has 0 unspecified atom stereocenters. The summed E-state index contributed by atoms with van der Waals surface area (Å²) >= 11 is 0. The van der Waals surface area contributed by atoms with Gasteiger partial charge >= 0.3 is 5.97 Å². The SMILES string of the molecule is CCOc1ccc(CC(=O)O)cc1OC(C)(C)C. The van der Waals surface area contributed by atoms with E-state index in [0.29, 0.717) is 23.7 Å². The van der Waals surface area contributed by atoms with E-state index in [2.05, 4.69) is 0 Å². The van der Waals surface area contributed by atoms with Crippen LogP contribution < -0.4 is 9.47 Å². The summed E-state index contributed by atoms with van der Waals surface area (Å²) in [7, 11) is 0. The van der Waals surface area contributed by atoms with Gasteiger partial charge in [0, 0.05) is 0 Å². The van der Waals surface area contributed by atoms with Gasteiger partial charge in [-0.05, 0) is 45.4 Å². The molecule has 0 amide bonds. The molecule has 0 fully saturated rings. The maximum absolute atomic E-state index is 10.7. The van der Waals surface area contributed by atoms with E-state index in [4.69, 9.17) is 14.6 Å². The highest BCUT2D eigenvalue weighted by Crippen LogP contribution is 2.31. The molecule has 18 heavy (non-hydrogen) atoms. The standard InChI is InChI=1S/C14H20O4/c1-5-17-11-7-6-10(9-13(15)16)8-12(11)18-14(2,3)4/h6-8H,5,9H2,1-4H3,(H,15,16). The molecular formula is C14H20O4. The number of ether oxygens (including phenoxy) is 2. The summed E-state index contributed by atoms with van der Waals surface area (Å²) in [5, 5.41) is 8.79. The number of carboxylic acid groups (broad SMARTS) is 1. The third-order valence-corrected chi connectivity index (χ3v) is 2.08. The summed E-state index contributed by atoms with van der Waals surface area (Å²) in [6, 6.07) is 5.22. The van der Waals surface area contributed by atoms with Crippen LogP contribution in [0.3, 0.4) is 0 Å². The Labute approximate surface area is 108 Å². The largest absolute Gasteiger partial charge is 0.490 e. The number of benzene rings is 1. The lowest BCUT2D eigenvalue weighted by molar-refractivity contribution is -0.136. The lowest BCUT2D eigenvalue weighted by Crippen LogP contribution is -2.23. The van der Waals surface area contributed by atoms with Gasteiger partial charge in [0.2, 0.25) is 0 Å². The molecule has 0 aliphatic rings. The van der Waals surface area contributed by atoms with Gasteiger partial charge < -0.3 is 14.6 Å². The van der Waals surface area contributed by atoms with Crippen LogP contribution in [0.2, 0.25) is 0 Å². The quantitative estimate of drug-likeness (QED) is 0.875. The third kappa shape index (κ3) is 4.65. The number of hydrogen-bond acceptors (Lipinski definition) is 3. The van der Waals surface area contributed by atoms with Crippen LogP contribution in [0.4, 0.5) is 0 Å². The Morgan fingerprint density at radius 2 is 1.94 bits per heavy atom. The van der Waals surface area contributed by atoms with Crippen molar-refractivity contribution in [3.63, 3.8) is 0 Å². The number of carboxylic acids is 1. The fourth-order valence-electron chi connectivity index (χ4n) is 1.52. The average Bonchev–Trinajstić information content (AvgIpc) is 2.19. The van der Waals surface area contributed by atoms with E-state index >= 15 is 0 Å². The fraction of sp³-hybridized carbons (Fsp3) is 0.500. The van der Waals surface area contributed by atoms with E-state index in [-0.39, 0.29) is 12.0 Å². The van der Waals surface area contributed by atoms with Gasteiger partial charge in [-0.2, -0.15) is 0 Å². The first kappa shape index (κ1) is 14.4. The van der Waals surface area contributed by atoms with E-state index in [1.165, 1.54) is 0 Å². The minimum absolute atomic E-state index is 0.0209. The molecule has 0 spiro atoms. The van der Waals surface area contributed by atoms with Crippen molar-refractivity contribution in [1.29, 1.82) is 0 Å². The summed E-state index contributed by atoms with van der Waals surface area (Å²) in [6.07, 6.45) is -0.0209. The third-order valence-electron chi connectivity index (χ3n) is 2.08. The zero-order valence-corrected chi connectivity index (χ0v) is 11.3. The summed E-state index contributed by atoms with van der Waals surface area (Å²) in [6.45, 7) is 8.25. The Morgan fingerprint density at radius 1 is 1.28 bits per heavy atom. The van der Waals surface area contributed by atoms with Gasteiger partial charge in [-0.15, -0.1) is 0 Å². The first-order valence-corrected chi connectivity index (χ1v) is 5.98. The van der Waals surface area contributed by atoms with Crippen molar-refractivity contribution >= 4 is 5.97 Å². The number of aliphatic carboxylic acids is 1. The monoisotopic (exact) mass is 252 g/mol. The number of hydrogen-bond donors (Lipinski definition) is 1. The predicted octanol–water partition coefficient (Wildman–Crippen LogP) is 2.89. The summed E-state index contributed by atoms with van der Waals surface area (Å²) in [4.78, 5) is 10.7. The second-order valence-electron chi connectivity index (χ2n) is 5.00. The summed E-state index contributed by atoms with van der Waals surface area (Å²) in [5.41, 5.74) is 0.346. The molecule has 0 heterocycles. The highest BCUT2D eigenvalue weighted by atomic mass is 16.5. The lowest BCUT2D eigenvalue weighted by atomic mass is 10.1. The first-order chi connectivity index (χ1) is 8.31. The van der Waals surface area contributed by atoms with Gasteiger partial charge in [-0.3, -0.25) is 4.79 Å². The Morgan fingerprint density at radius 3 is 2.44 bits per heavy atom. The van der Waals surface area contributed by atoms with Crippen LogP contribution in [0.25, 0.3) is 0 Å². The van der Waals surface area contributed by atoms with Crippen LogP contribution >= 0.6 is 0 Å². The van der Waals surface area contributed by atoms with Crippen molar-refractivity contribution in [2.75, 3.05) is 6.61 Å². The molecule has 0 bridgehead atoms. The highest BCUT2D eigenvalue weighted by molar-refractivity contribution is 5.70. The van der Waals surface area contributed by atoms with Gasteiger partial charge in [0.25, 0.3) is 0 Å². The van der Waals surface area contributed by atoms with Crippen LogP contribution in [-0.2, 0) is 11.2 Å². The Balaban J connectivity index is 3.03. The topological polar surface area (TPSA) is 55.8 Å².